The number of nitrogens with zero attached hydrogens (tertiary/aromatic N) is 2. The van der Waals surface area contributed by atoms with Crippen molar-refractivity contribution in [2.45, 2.75) is 6.92 Å². The lowest BCUT2D eigenvalue weighted by Gasteiger charge is -2.02. The van der Waals surface area contributed by atoms with Crippen LogP contribution in [-0.2, 0) is 0 Å². The molecule has 4 heteroatoms. The molecular weight excluding hydrogens is 198 g/mol. The van der Waals surface area contributed by atoms with Gasteiger partial charge in [-0.2, -0.15) is 0 Å². The average Bonchev–Trinajstić information content (AvgIpc) is 2.22. The summed E-state index contributed by atoms with van der Waals surface area (Å²) < 4.78 is 26.3. The molecule has 1 aromatic carbocycles. The van der Waals surface area contributed by atoms with Crippen LogP contribution in [0.25, 0.3) is 11.4 Å². The molecule has 1 heterocycles. The van der Waals surface area contributed by atoms with Crippen molar-refractivity contribution >= 4 is 0 Å². The van der Waals surface area contributed by atoms with E-state index in [4.69, 9.17) is 0 Å². The first kappa shape index (κ1) is 9.71. The van der Waals surface area contributed by atoms with Gasteiger partial charge in [-0.25, -0.2) is 18.7 Å². The monoisotopic (exact) mass is 206 g/mol. The minimum Gasteiger partial charge on any atom is -0.236 e. The third-order valence-electron chi connectivity index (χ3n) is 1.99. The van der Waals surface area contributed by atoms with Gasteiger partial charge in [0.15, 0.2) is 17.5 Å². The third-order valence-corrected chi connectivity index (χ3v) is 1.99. The molecule has 0 atom stereocenters. The summed E-state index contributed by atoms with van der Waals surface area (Å²) in [4.78, 5) is 7.92. The number of hydrogen-bond donors (Lipinski definition) is 0. The van der Waals surface area contributed by atoms with Crippen LogP contribution >= 0.6 is 0 Å². The Hall–Kier alpha value is -1.84. The lowest BCUT2D eigenvalue weighted by molar-refractivity contribution is 0.510. The van der Waals surface area contributed by atoms with Gasteiger partial charge in [0.1, 0.15) is 0 Å². The van der Waals surface area contributed by atoms with Crippen LogP contribution in [0.2, 0.25) is 0 Å². The smallest absolute Gasteiger partial charge is 0.169 e. The van der Waals surface area contributed by atoms with Crippen molar-refractivity contribution in [1.82, 2.24) is 9.97 Å². The first-order valence-electron chi connectivity index (χ1n) is 4.42. The summed E-state index contributed by atoms with van der Waals surface area (Å²) in [7, 11) is 0. The third kappa shape index (κ3) is 1.83. The van der Waals surface area contributed by atoms with Gasteiger partial charge >= 0.3 is 0 Å². The van der Waals surface area contributed by atoms with E-state index in [2.05, 4.69) is 9.97 Å². The van der Waals surface area contributed by atoms with Gasteiger partial charge in [0, 0.05) is 11.9 Å². The Labute approximate surface area is 85.6 Å². The van der Waals surface area contributed by atoms with Crippen LogP contribution < -0.4 is 0 Å². The molecule has 2 nitrogen and oxygen atoms in total. The SMILES string of the molecule is Cc1ccnc(-c2cccc(F)c2F)n1. The number of halogens is 2. The van der Waals surface area contributed by atoms with Crippen LogP contribution in [0.3, 0.4) is 0 Å². The molecule has 15 heavy (non-hydrogen) atoms. The molecule has 2 aromatic rings. The number of aromatic nitrogens is 2. The quantitative estimate of drug-likeness (QED) is 0.716. The number of aryl methyl sites for hydroxylation is 1. The number of hydrogen-bond acceptors (Lipinski definition) is 2. The second-order valence-electron chi connectivity index (χ2n) is 3.12. The fraction of sp³-hybridized carbons (Fsp3) is 0.0909. The standard InChI is InChI=1S/C11H8F2N2/c1-7-5-6-14-11(15-7)8-3-2-4-9(12)10(8)13/h2-6H,1H3. The highest BCUT2D eigenvalue weighted by Gasteiger charge is 2.11. The first-order chi connectivity index (χ1) is 7.18. The van der Waals surface area contributed by atoms with Gasteiger partial charge in [-0.1, -0.05) is 6.07 Å². The molecule has 0 aliphatic carbocycles. The van der Waals surface area contributed by atoms with Crippen LogP contribution in [0.5, 0.6) is 0 Å². The van der Waals surface area contributed by atoms with Gasteiger partial charge in [0.2, 0.25) is 0 Å². The molecule has 0 aliphatic rings. The van der Waals surface area contributed by atoms with E-state index in [1.165, 1.54) is 18.3 Å². The summed E-state index contributed by atoms with van der Waals surface area (Å²) in [6.07, 6.45) is 1.52. The molecule has 0 radical (unpaired) electrons. The van der Waals surface area contributed by atoms with Crippen LogP contribution in [0, 0.1) is 18.6 Å². The molecule has 0 bridgehead atoms. The second kappa shape index (κ2) is 3.73. The van der Waals surface area contributed by atoms with Crippen molar-refractivity contribution in [3.05, 3.63) is 47.8 Å². The zero-order valence-corrected chi connectivity index (χ0v) is 8.04. The fourth-order valence-corrected chi connectivity index (χ4v) is 1.26. The highest BCUT2D eigenvalue weighted by molar-refractivity contribution is 5.55. The lowest BCUT2D eigenvalue weighted by Crippen LogP contribution is -1.95. The summed E-state index contributed by atoms with van der Waals surface area (Å²) in [6.45, 7) is 1.77. The van der Waals surface area contributed by atoms with Gasteiger partial charge in [-0.3, -0.25) is 0 Å². The summed E-state index contributed by atoms with van der Waals surface area (Å²) in [5.74, 6) is -1.60. The number of benzene rings is 1. The van der Waals surface area contributed by atoms with Gasteiger partial charge in [0.05, 0.1) is 5.56 Å². The highest BCUT2D eigenvalue weighted by Crippen LogP contribution is 2.20. The summed E-state index contributed by atoms with van der Waals surface area (Å²) in [6, 6.07) is 5.64. The minimum absolute atomic E-state index is 0.0821. The van der Waals surface area contributed by atoms with E-state index in [1.807, 2.05) is 0 Å². The molecule has 0 fully saturated rings. The molecular formula is C11H8F2N2. The predicted octanol–water partition coefficient (Wildman–Crippen LogP) is 2.73. The molecule has 0 unspecified atom stereocenters. The second-order valence-corrected chi connectivity index (χ2v) is 3.12. The van der Waals surface area contributed by atoms with Crippen molar-refractivity contribution in [2.75, 3.05) is 0 Å². The molecule has 0 saturated heterocycles. The first-order valence-corrected chi connectivity index (χ1v) is 4.42. The Morgan fingerprint density at radius 1 is 1.13 bits per heavy atom. The average molecular weight is 206 g/mol. The maximum Gasteiger partial charge on any atom is 0.169 e. The van der Waals surface area contributed by atoms with Gasteiger partial charge in [-0.05, 0) is 25.1 Å². The van der Waals surface area contributed by atoms with E-state index in [-0.39, 0.29) is 11.4 Å². The highest BCUT2D eigenvalue weighted by atomic mass is 19.2. The molecule has 0 saturated carbocycles. The van der Waals surface area contributed by atoms with Crippen molar-refractivity contribution in [3.63, 3.8) is 0 Å². The topological polar surface area (TPSA) is 25.8 Å². The van der Waals surface area contributed by atoms with Gasteiger partial charge in [-0.15, -0.1) is 0 Å². The number of rotatable bonds is 1. The van der Waals surface area contributed by atoms with E-state index in [0.717, 1.165) is 6.07 Å². The Kier molecular flexibility index (Phi) is 2.41. The molecule has 0 aliphatic heterocycles. The molecule has 1 aromatic heterocycles. The van der Waals surface area contributed by atoms with Crippen LogP contribution in [0.15, 0.2) is 30.5 Å². The zero-order valence-electron chi connectivity index (χ0n) is 8.04. The predicted molar refractivity (Wildman–Crippen MR) is 52.1 cm³/mol. The summed E-state index contributed by atoms with van der Waals surface area (Å²) >= 11 is 0. The Morgan fingerprint density at radius 2 is 1.93 bits per heavy atom. The van der Waals surface area contributed by atoms with Crippen molar-refractivity contribution < 1.29 is 8.78 Å². The molecule has 2 rings (SSSR count). The van der Waals surface area contributed by atoms with Crippen LogP contribution in [0.4, 0.5) is 8.78 Å². The fourth-order valence-electron chi connectivity index (χ4n) is 1.26. The van der Waals surface area contributed by atoms with E-state index >= 15 is 0 Å². The lowest BCUT2D eigenvalue weighted by atomic mass is 10.2. The minimum atomic E-state index is -0.914. The Balaban J connectivity index is 2.59. The Morgan fingerprint density at radius 3 is 2.67 bits per heavy atom. The van der Waals surface area contributed by atoms with Crippen molar-refractivity contribution in [2.24, 2.45) is 0 Å². The summed E-state index contributed by atoms with van der Waals surface area (Å²) in [5.41, 5.74) is 0.794. The largest absolute Gasteiger partial charge is 0.236 e. The molecule has 76 valence electrons. The zero-order chi connectivity index (χ0) is 10.8. The molecule has 0 N–H and O–H groups in total. The van der Waals surface area contributed by atoms with Crippen LogP contribution in [-0.4, -0.2) is 9.97 Å². The Bertz CT molecular complexity index is 498. The normalized spacial score (nSPS) is 10.3. The van der Waals surface area contributed by atoms with Crippen molar-refractivity contribution in [3.8, 4) is 11.4 Å². The maximum absolute atomic E-state index is 13.4. The van der Waals surface area contributed by atoms with E-state index in [1.54, 1.807) is 13.0 Å². The van der Waals surface area contributed by atoms with Gasteiger partial charge in [0.25, 0.3) is 0 Å². The van der Waals surface area contributed by atoms with E-state index in [0.29, 0.717) is 5.69 Å². The molecule has 0 spiro atoms. The van der Waals surface area contributed by atoms with E-state index < -0.39 is 11.6 Å². The van der Waals surface area contributed by atoms with E-state index in [9.17, 15) is 8.78 Å². The maximum atomic E-state index is 13.4. The summed E-state index contributed by atoms with van der Waals surface area (Å²) in [5, 5.41) is 0. The van der Waals surface area contributed by atoms with Crippen LogP contribution in [0.1, 0.15) is 5.69 Å². The van der Waals surface area contributed by atoms with Gasteiger partial charge < -0.3 is 0 Å². The molecule has 0 amide bonds. The van der Waals surface area contributed by atoms with Crippen molar-refractivity contribution in [1.29, 1.82) is 0 Å².